The molecule has 0 saturated heterocycles. The Morgan fingerprint density at radius 2 is 2.15 bits per heavy atom. The van der Waals surface area contributed by atoms with Crippen LogP contribution in [0, 0.1) is 35.3 Å². The SMILES string of the molecule is CCNC(C)(C#N)COc1c(C)cc(C)cc1[N+](=O)[O-]. The normalized spacial score (nSPS) is 13.3. The van der Waals surface area contributed by atoms with Gasteiger partial charge in [-0.2, -0.15) is 5.26 Å². The Morgan fingerprint density at radius 1 is 1.50 bits per heavy atom. The number of hydrogen-bond donors (Lipinski definition) is 1. The van der Waals surface area contributed by atoms with Crippen molar-refractivity contribution in [3.63, 3.8) is 0 Å². The predicted molar refractivity (Wildman–Crippen MR) is 75.8 cm³/mol. The lowest BCUT2D eigenvalue weighted by molar-refractivity contribution is -0.386. The summed E-state index contributed by atoms with van der Waals surface area (Å²) in [7, 11) is 0. The van der Waals surface area contributed by atoms with Gasteiger partial charge < -0.3 is 4.74 Å². The fourth-order valence-corrected chi connectivity index (χ4v) is 1.98. The van der Waals surface area contributed by atoms with Gasteiger partial charge in [-0.15, -0.1) is 0 Å². The monoisotopic (exact) mass is 277 g/mol. The van der Waals surface area contributed by atoms with Crippen LogP contribution in [-0.4, -0.2) is 23.6 Å². The third-order valence-electron chi connectivity index (χ3n) is 2.91. The van der Waals surface area contributed by atoms with Crippen LogP contribution in [-0.2, 0) is 0 Å². The average Bonchev–Trinajstić information content (AvgIpc) is 2.37. The first-order valence-corrected chi connectivity index (χ1v) is 6.37. The van der Waals surface area contributed by atoms with Crippen LogP contribution in [0.5, 0.6) is 5.75 Å². The molecule has 1 aromatic rings. The van der Waals surface area contributed by atoms with Crippen LogP contribution in [0.1, 0.15) is 25.0 Å². The number of nitrogens with zero attached hydrogens (tertiary/aromatic N) is 2. The van der Waals surface area contributed by atoms with Crippen LogP contribution in [0.2, 0.25) is 0 Å². The van der Waals surface area contributed by atoms with Gasteiger partial charge in [0.15, 0.2) is 5.75 Å². The standard InChI is InChI=1S/C14H19N3O3/c1-5-16-14(4,8-15)9-20-13-11(3)6-10(2)7-12(13)17(18)19/h6-7,16H,5,9H2,1-4H3. The summed E-state index contributed by atoms with van der Waals surface area (Å²) in [6, 6.07) is 5.41. The largest absolute Gasteiger partial charge is 0.484 e. The van der Waals surface area contributed by atoms with E-state index in [1.54, 1.807) is 20.8 Å². The second kappa shape index (κ2) is 6.35. The van der Waals surface area contributed by atoms with Crippen molar-refractivity contribution >= 4 is 5.69 Å². The number of hydrogen-bond acceptors (Lipinski definition) is 5. The Hall–Kier alpha value is -2.13. The highest BCUT2D eigenvalue weighted by Crippen LogP contribution is 2.32. The number of nitro groups is 1. The highest BCUT2D eigenvalue weighted by Gasteiger charge is 2.26. The molecule has 6 nitrogen and oxygen atoms in total. The van der Waals surface area contributed by atoms with Gasteiger partial charge in [-0.25, -0.2) is 0 Å². The van der Waals surface area contributed by atoms with Gasteiger partial charge in [0, 0.05) is 6.07 Å². The van der Waals surface area contributed by atoms with Gasteiger partial charge in [0.05, 0.1) is 11.0 Å². The summed E-state index contributed by atoms with van der Waals surface area (Å²) in [4.78, 5) is 10.6. The minimum atomic E-state index is -0.875. The minimum Gasteiger partial charge on any atom is -0.484 e. The third-order valence-corrected chi connectivity index (χ3v) is 2.91. The van der Waals surface area contributed by atoms with Crippen molar-refractivity contribution in [2.24, 2.45) is 0 Å². The second-order valence-corrected chi connectivity index (χ2v) is 4.95. The Morgan fingerprint density at radius 3 is 2.65 bits per heavy atom. The van der Waals surface area contributed by atoms with E-state index < -0.39 is 10.5 Å². The van der Waals surface area contributed by atoms with Crippen LogP contribution in [0.3, 0.4) is 0 Å². The molecule has 0 bridgehead atoms. The van der Waals surface area contributed by atoms with Crippen molar-refractivity contribution < 1.29 is 9.66 Å². The fraction of sp³-hybridized carbons (Fsp3) is 0.500. The van der Waals surface area contributed by atoms with Gasteiger partial charge >= 0.3 is 5.69 Å². The van der Waals surface area contributed by atoms with Gasteiger partial charge in [-0.05, 0) is 38.4 Å². The summed E-state index contributed by atoms with van der Waals surface area (Å²) in [5, 5.41) is 23.3. The average molecular weight is 277 g/mol. The maximum absolute atomic E-state index is 11.1. The van der Waals surface area contributed by atoms with E-state index in [1.807, 2.05) is 13.0 Å². The van der Waals surface area contributed by atoms with Crippen molar-refractivity contribution in [3.05, 3.63) is 33.4 Å². The van der Waals surface area contributed by atoms with Gasteiger partial charge in [0.2, 0.25) is 0 Å². The van der Waals surface area contributed by atoms with Crippen molar-refractivity contribution in [1.29, 1.82) is 5.26 Å². The number of nitro benzene ring substituents is 1. The molecule has 0 aliphatic heterocycles. The molecule has 0 aliphatic rings. The summed E-state index contributed by atoms with van der Waals surface area (Å²) in [5.41, 5.74) is 0.545. The summed E-state index contributed by atoms with van der Waals surface area (Å²) in [6.45, 7) is 7.79. The molecular weight excluding hydrogens is 258 g/mol. The molecule has 0 amide bonds. The number of aryl methyl sites for hydroxylation is 2. The molecule has 0 fully saturated rings. The van der Waals surface area contributed by atoms with Crippen LogP contribution in [0.15, 0.2) is 12.1 Å². The van der Waals surface area contributed by atoms with Crippen molar-refractivity contribution in [2.45, 2.75) is 33.2 Å². The molecule has 1 rings (SSSR count). The molecule has 1 N–H and O–H groups in total. The minimum absolute atomic E-state index is 0.0437. The number of ether oxygens (including phenoxy) is 1. The molecule has 0 aliphatic carbocycles. The third kappa shape index (κ3) is 3.68. The highest BCUT2D eigenvalue weighted by molar-refractivity contribution is 5.53. The Bertz CT molecular complexity index is 551. The molecule has 1 aromatic carbocycles. The summed E-state index contributed by atoms with van der Waals surface area (Å²) in [5.74, 6) is 0.222. The molecule has 108 valence electrons. The van der Waals surface area contributed by atoms with E-state index in [4.69, 9.17) is 10.00 Å². The zero-order valence-electron chi connectivity index (χ0n) is 12.2. The van der Waals surface area contributed by atoms with Crippen molar-refractivity contribution in [2.75, 3.05) is 13.2 Å². The lowest BCUT2D eigenvalue weighted by Crippen LogP contribution is -2.46. The first-order chi connectivity index (χ1) is 9.33. The molecule has 1 unspecified atom stereocenters. The number of nitriles is 1. The maximum Gasteiger partial charge on any atom is 0.311 e. The lowest BCUT2D eigenvalue weighted by atomic mass is 10.1. The van der Waals surface area contributed by atoms with Crippen LogP contribution in [0.25, 0.3) is 0 Å². The Balaban J connectivity index is 3.04. The van der Waals surface area contributed by atoms with E-state index in [0.29, 0.717) is 12.1 Å². The number of likely N-dealkylation sites (N-methyl/N-ethyl adjacent to an activating group) is 1. The summed E-state index contributed by atoms with van der Waals surface area (Å²) < 4.78 is 5.57. The van der Waals surface area contributed by atoms with E-state index >= 15 is 0 Å². The molecule has 0 radical (unpaired) electrons. The predicted octanol–water partition coefficient (Wildman–Crippen LogP) is 2.48. The van der Waals surface area contributed by atoms with Gasteiger partial charge in [-0.1, -0.05) is 13.0 Å². The Kier molecular flexibility index (Phi) is 5.06. The molecule has 6 heteroatoms. The van der Waals surface area contributed by atoms with E-state index in [1.165, 1.54) is 6.07 Å². The summed E-state index contributed by atoms with van der Waals surface area (Å²) >= 11 is 0. The quantitative estimate of drug-likeness (QED) is 0.637. The maximum atomic E-state index is 11.1. The molecule has 20 heavy (non-hydrogen) atoms. The Labute approximate surface area is 118 Å². The van der Waals surface area contributed by atoms with Crippen molar-refractivity contribution in [1.82, 2.24) is 5.32 Å². The zero-order chi connectivity index (χ0) is 15.3. The van der Waals surface area contributed by atoms with Crippen LogP contribution >= 0.6 is 0 Å². The first kappa shape index (κ1) is 15.9. The number of rotatable bonds is 6. The lowest BCUT2D eigenvalue weighted by Gasteiger charge is -2.23. The fourth-order valence-electron chi connectivity index (χ4n) is 1.98. The van der Waals surface area contributed by atoms with E-state index in [9.17, 15) is 10.1 Å². The van der Waals surface area contributed by atoms with Gasteiger partial charge in [-0.3, -0.25) is 15.4 Å². The van der Waals surface area contributed by atoms with Gasteiger partial charge in [0.1, 0.15) is 12.1 Å². The molecule has 1 atom stereocenters. The molecule has 0 saturated carbocycles. The van der Waals surface area contributed by atoms with Crippen LogP contribution < -0.4 is 10.1 Å². The summed E-state index contributed by atoms with van der Waals surface area (Å²) in [6.07, 6.45) is 0. The first-order valence-electron chi connectivity index (χ1n) is 6.37. The van der Waals surface area contributed by atoms with E-state index in [2.05, 4.69) is 11.4 Å². The molecule has 0 heterocycles. The molecular formula is C14H19N3O3. The topological polar surface area (TPSA) is 88.2 Å². The van der Waals surface area contributed by atoms with E-state index in [0.717, 1.165) is 5.56 Å². The molecule has 0 aromatic heterocycles. The van der Waals surface area contributed by atoms with Gasteiger partial charge in [0.25, 0.3) is 0 Å². The zero-order valence-corrected chi connectivity index (χ0v) is 12.2. The van der Waals surface area contributed by atoms with E-state index in [-0.39, 0.29) is 18.0 Å². The molecule has 0 spiro atoms. The highest BCUT2D eigenvalue weighted by atomic mass is 16.6. The second-order valence-electron chi connectivity index (χ2n) is 4.95. The van der Waals surface area contributed by atoms with Crippen molar-refractivity contribution in [3.8, 4) is 11.8 Å². The smallest absolute Gasteiger partial charge is 0.311 e. The number of benzene rings is 1. The number of nitrogens with one attached hydrogen (secondary N) is 1. The van der Waals surface area contributed by atoms with Crippen LogP contribution in [0.4, 0.5) is 5.69 Å².